The lowest BCUT2D eigenvalue weighted by molar-refractivity contribution is -0.385. The van der Waals surface area contributed by atoms with Crippen molar-refractivity contribution in [2.75, 3.05) is 19.8 Å². The van der Waals surface area contributed by atoms with Crippen molar-refractivity contribution in [2.45, 2.75) is 13.8 Å². The van der Waals surface area contributed by atoms with E-state index >= 15 is 0 Å². The van der Waals surface area contributed by atoms with Crippen molar-refractivity contribution in [2.24, 2.45) is 0 Å². The second kappa shape index (κ2) is 8.68. The van der Waals surface area contributed by atoms with Crippen molar-refractivity contribution in [3.05, 3.63) is 63.7 Å². The first-order valence-electron chi connectivity index (χ1n) is 7.79. The van der Waals surface area contributed by atoms with Crippen LogP contribution in [0, 0.1) is 17.0 Å². The van der Waals surface area contributed by atoms with Gasteiger partial charge in [0.2, 0.25) is 0 Å². The fourth-order valence-electron chi connectivity index (χ4n) is 2.15. The normalized spacial score (nSPS) is 10.2. The van der Waals surface area contributed by atoms with Gasteiger partial charge in [-0.05, 0) is 37.6 Å². The molecule has 0 saturated heterocycles. The number of rotatable bonds is 8. The molecular formula is C18H19NO6. The summed E-state index contributed by atoms with van der Waals surface area (Å²) in [6.45, 7) is 4.16. The molecular weight excluding hydrogens is 326 g/mol. The quantitative estimate of drug-likeness (QED) is 0.315. The molecule has 0 fully saturated rings. The molecule has 7 nitrogen and oxygen atoms in total. The Kier molecular flexibility index (Phi) is 6.33. The maximum Gasteiger partial charge on any atom is 0.338 e. The zero-order valence-corrected chi connectivity index (χ0v) is 14.1. The second-order valence-electron chi connectivity index (χ2n) is 5.12. The fraction of sp³-hybridized carbons (Fsp3) is 0.278. The number of carbonyl (C=O) groups is 1. The minimum Gasteiger partial charge on any atom is -0.490 e. The van der Waals surface area contributed by atoms with Crippen LogP contribution in [0.3, 0.4) is 0 Å². The van der Waals surface area contributed by atoms with Gasteiger partial charge in [0.1, 0.15) is 19.0 Å². The highest BCUT2D eigenvalue weighted by Crippen LogP contribution is 2.28. The van der Waals surface area contributed by atoms with E-state index in [9.17, 15) is 14.9 Å². The van der Waals surface area contributed by atoms with E-state index in [4.69, 9.17) is 14.2 Å². The summed E-state index contributed by atoms with van der Waals surface area (Å²) in [5.74, 6) is 0.182. The van der Waals surface area contributed by atoms with Crippen LogP contribution >= 0.6 is 0 Å². The van der Waals surface area contributed by atoms with Gasteiger partial charge in [-0.2, -0.15) is 0 Å². The number of nitro groups is 1. The first-order valence-corrected chi connectivity index (χ1v) is 7.79. The number of nitrogens with zero attached hydrogens (tertiary/aromatic N) is 1. The van der Waals surface area contributed by atoms with Crippen LogP contribution in [-0.2, 0) is 4.74 Å². The van der Waals surface area contributed by atoms with Crippen LogP contribution in [0.2, 0.25) is 0 Å². The Labute approximate surface area is 145 Å². The third-order valence-corrected chi connectivity index (χ3v) is 3.36. The van der Waals surface area contributed by atoms with Gasteiger partial charge in [0.25, 0.3) is 0 Å². The van der Waals surface area contributed by atoms with Gasteiger partial charge in [-0.3, -0.25) is 10.1 Å². The Balaban J connectivity index is 1.93. The molecule has 0 bridgehead atoms. The summed E-state index contributed by atoms with van der Waals surface area (Å²) in [5, 5.41) is 11.1. The van der Waals surface area contributed by atoms with Crippen molar-refractivity contribution < 1.29 is 23.9 Å². The minimum atomic E-state index is -0.653. The lowest BCUT2D eigenvalue weighted by atomic mass is 10.2. The van der Waals surface area contributed by atoms with Gasteiger partial charge in [-0.25, -0.2) is 4.79 Å². The Morgan fingerprint density at radius 2 is 1.84 bits per heavy atom. The number of carbonyl (C=O) groups excluding carboxylic acids is 1. The van der Waals surface area contributed by atoms with E-state index in [-0.39, 0.29) is 30.2 Å². The maximum atomic E-state index is 12.0. The summed E-state index contributed by atoms with van der Waals surface area (Å²) in [7, 11) is 0. The maximum absolute atomic E-state index is 12.0. The number of hydrogen-bond donors (Lipinski definition) is 0. The van der Waals surface area contributed by atoms with E-state index in [0.29, 0.717) is 6.61 Å². The minimum absolute atomic E-state index is 0.0359. The molecule has 2 aromatic carbocycles. The molecule has 0 saturated carbocycles. The molecule has 0 spiro atoms. The van der Waals surface area contributed by atoms with E-state index < -0.39 is 10.9 Å². The SMILES string of the molecule is CCOc1ccc(C(=O)OCCOc2ccccc2C)cc1[N+](=O)[O-]. The molecule has 0 heterocycles. The van der Waals surface area contributed by atoms with Gasteiger partial charge >= 0.3 is 11.7 Å². The molecule has 0 aliphatic carbocycles. The zero-order chi connectivity index (χ0) is 18.2. The second-order valence-corrected chi connectivity index (χ2v) is 5.12. The number of benzene rings is 2. The summed E-state index contributed by atoms with van der Waals surface area (Å²) >= 11 is 0. The molecule has 0 aliphatic heterocycles. The van der Waals surface area contributed by atoms with Gasteiger partial charge in [-0.1, -0.05) is 18.2 Å². The Hall–Kier alpha value is -3.09. The Morgan fingerprint density at radius 3 is 2.52 bits per heavy atom. The van der Waals surface area contributed by atoms with Gasteiger partial charge in [0, 0.05) is 6.07 Å². The number of para-hydroxylation sites is 1. The van der Waals surface area contributed by atoms with Crippen molar-refractivity contribution in [3.63, 3.8) is 0 Å². The van der Waals surface area contributed by atoms with E-state index in [2.05, 4.69) is 0 Å². The topological polar surface area (TPSA) is 87.9 Å². The van der Waals surface area contributed by atoms with Gasteiger partial charge in [0.05, 0.1) is 17.1 Å². The summed E-state index contributed by atoms with van der Waals surface area (Å²) in [4.78, 5) is 22.5. The predicted molar refractivity (Wildman–Crippen MR) is 91.2 cm³/mol. The van der Waals surface area contributed by atoms with E-state index in [0.717, 1.165) is 17.4 Å². The van der Waals surface area contributed by atoms with E-state index in [1.165, 1.54) is 12.1 Å². The first kappa shape index (κ1) is 18.3. The lowest BCUT2D eigenvalue weighted by Gasteiger charge is -2.10. The first-order chi connectivity index (χ1) is 12.0. The molecule has 2 rings (SSSR count). The van der Waals surface area contributed by atoms with Crippen LogP contribution in [0.25, 0.3) is 0 Å². The third-order valence-electron chi connectivity index (χ3n) is 3.36. The third kappa shape index (κ3) is 4.94. The largest absolute Gasteiger partial charge is 0.490 e. The van der Waals surface area contributed by atoms with Crippen molar-refractivity contribution in [3.8, 4) is 11.5 Å². The molecule has 0 aromatic heterocycles. The zero-order valence-electron chi connectivity index (χ0n) is 14.1. The van der Waals surface area contributed by atoms with Crippen molar-refractivity contribution in [1.29, 1.82) is 0 Å². The van der Waals surface area contributed by atoms with Crippen molar-refractivity contribution >= 4 is 11.7 Å². The van der Waals surface area contributed by atoms with Crippen LogP contribution in [-0.4, -0.2) is 30.7 Å². The average molecular weight is 345 g/mol. The van der Waals surface area contributed by atoms with Gasteiger partial charge in [-0.15, -0.1) is 0 Å². The van der Waals surface area contributed by atoms with Crippen molar-refractivity contribution in [1.82, 2.24) is 0 Å². The number of aryl methyl sites for hydroxylation is 1. The molecule has 132 valence electrons. The Bertz CT molecular complexity index is 759. The number of esters is 1. The molecule has 2 aromatic rings. The molecule has 0 N–H and O–H groups in total. The summed E-state index contributed by atoms with van der Waals surface area (Å²) in [6, 6.07) is 11.5. The molecule has 0 unspecified atom stereocenters. The smallest absolute Gasteiger partial charge is 0.338 e. The average Bonchev–Trinajstić information content (AvgIpc) is 2.60. The molecule has 0 aliphatic rings. The predicted octanol–water partition coefficient (Wildman–Crippen LogP) is 3.54. The van der Waals surface area contributed by atoms with E-state index in [1.807, 2.05) is 31.2 Å². The molecule has 25 heavy (non-hydrogen) atoms. The number of nitro benzene ring substituents is 1. The summed E-state index contributed by atoms with van der Waals surface area (Å²) in [6.07, 6.45) is 0. The standard InChI is InChI=1S/C18H19NO6/c1-3-23-17-9-8-14(12-15(17)19(21)22)18(20)25-11-10-24-16-7-5-4-6-13(16)2/h4-9,12H,3,10-11H2,1-2H3. The lowest BCUT2D eigenvalue weighted by Crippen LogP contribution is -2.13. The summed E-state index contributed by atoms with van der Waals surface area (Å²) < 4.78 is 15.8. The van der Waals surface area contributed by atoms with E-state index in [1.54, 1.807) is 6.92 Å². The molecule has 7 heteroatoms. The van der Waals surface area contributed by atoms with Crippen LogP contribution < -0.4 is 9.47 Å². The number of hydrogen-bond acceptors (Lipinski definition) is 6. The van der Waals surface area contributed by atoms with Gasteiger partial charge in [0.15, 0.2) is 5.75 Å². The van der Waals surface area contributed by atoms with Crippen LogP contribution in [0.1, 0.15) is 22.8 Å². The number of ether oxygens (including phenoxy) is 3. The monoisotopic (exact) mass is 345 g/mol. The fourth-order valence-corrected chi connectivity index (χ4v) is 2.15. The molecule has 0 radical (unpaired) electrons. The van der Waals surface area contributed by atoms with Crippen LogP contribution in [0.4, 0.5) is 5.69 Å². The van der Waals surface area contributed by atoms with Crippen LogP contribution in [0.5, 0.6) is 11.5 Å². The van der Waals surface area contributed by atoms with Crippen LogP contribution in [0.15, 0.2) is 42.5 Å². The highest BCUT2D eigenvalue weighted by molar-refractivity contribution is 5.90. The molecule has 0 amide bonds. The molecule has 0 atom stereocenters. The Morgan fingerprint density at radius 1 is 1.08 bits per heavy atom. The highest BCUT2D eigenvalue weighted by Gasteiger charge is 2.19. The highest BCUT2D eigenvalue weighted by atomic mass is 16.6. The summed E-state index contributed by atoms with van der Waals surface area (Å²) in [5.41, 5.74) is 0.800. The van der Waals surface area contributed by atoms with Gasteiger partial charge < -0.3 is 14.2 Å².